The minimum Gasteiger partial charge on any atom is -0.391 e. The number of nitrogens with one attached hydrogen (secondary N) is 1. The summed E-state index contributed by atoms with van der Waals surface area (Å²) in [6.07, 6.45) is 2.63. The molecule has 7 heteroatoms. The number of carbonyl (C=O) groups is 2. The largest absolute Gasteiger partial charge is 0.391 e. The third-order valence-electron chi connectivity index (χ3n) is 2.70. The molecule has 0 spiro atoms. The molecule has 0 aliphatic carbocycles. The van der Waals surface area contributed by atoms with Crippen molar-refractivity contribution in [3.63, 3.8) is 0 Å². The third-order valence-corrected chi connectivity index (χ3v) is 3.34. The Kier molecular flexibility index (Phi) is 5.57. The fourth-order valence-corrected chi connectivity index (χ4v) is 2.30. The van der Waals surface area contributed by atoms with Gasteiger partial charge < -0.3 is 21.1 Å². The van der Waals surface area contributed by atoms with Gasteiger partial charge in [-0.1, -0.05) is 0 Å². The first kappa shape index (κ1) is 14.1. The quantitative estimate of drug-likeness (QED) is 0.614. The van der Waals surface area contributed by atoms with Crippen molar-refractivity contribution in [3.05, 3.63) is 0 Å². The Morgan fingerprint density at radius 2 is 2.35 bits per heavy atom. The maximum atomic E-state index is 12.1. The molecule has 4 N–H and O–H groups in total. The summed E-state index contributed by atoms with van der Waals surface area (Å²) in [5, 5.41) is 11.8. The van der Waals surface area contributed by atoms with Crippen molar-refractivity contribution in [3.8, 4) is 0 Å². The highest BCUT2D eigenvalue weighted by Gasteiger charge is 2.30. The fourth-order valence-electron chi connectivity index (χ4n) is 1.83. The Morgan fingerprint density at radius 3 is 2.82 bits per heavy atom. The molecule has 0 aromatic heterocycles. The van der Waals surface area contributed by atoms with E-state index < -0.39 is 18.2 Å². The van der Waals surface area contributed by atoms with Crippen LogP contribution in [0.4, 0.5) is 4.79 Å². The predicted molar refractivity (Wildman–Crippen MR) is 66.7 cm³/mol. The molecule has 2 atom stereocenters. The molecule has 98 valence electrons. The molecule has 6 nitrogen and oxygen atoms in total. The number of hydrogen-bond acceptors (Lipinski definition) is 4. The number of carbonyl (C=O) groups excluding carboxylic acids is 2. The number of urea groups is 1. The van der Waals surface area contributed by atoms with Gasteiger partial charge in [0, 0.05) is 13.1 Å². The Bertz CT molecular complexity index is 288. The Balaban J connectivity index is 2.55. The van der Waals surface area contributed by atoms with Crippen LogP contribution in [-0.4, -0.2) is 59.2 Å². The first-order chi connectivity index (χ1) is 8.04. The van der Waals surface area contributed by atoms with E-state index in [-0.39, 0.29) is 5.91 Å². The van der Waals surface area contributed by atoms with Gasteiger partial charge >= 0.3 is 6.03 Å². The Hall–Kier alpha value is -0.950. The van der Waals surface area contributed by atoms with Gasteiger partial charge in [-0.2, -0.15) is 11.8 Å². The molecule has 1 aliphatic rings. The molecule has 1 unspecified atom stereocenters. The first-order valence-electron chi connectivity index (χ1n) is 5.56. The summed E-state index contributed by atoms with van der Waals surface area (Å²) >= 11 is 1.61. The van der Waals surface area contributed by atoms with Crippen LogP contribution >= 0.6 is 11.8 Å². The van der Waals surface area contributed by atoms with Gasteiger partial charge in [0.25, 0.3) is 0 Å². The second kappa shape index (κ2) is 6.70. The molecule has 0 aromatic carbocycles. The van der Waals surface area contributed by atoms with E-state index in [4.69, 9.17) is 5.73 Å². The number of nitrogens with two attached hydrogens (primary N) is 1. The number of β-amino-alcohol motifs (C(OH)–C–C–N with tert-alkyl or cyclic N) is 1. The molecule has 1 heterocycles. The van der Waals surface area contributed by atoms with E-state index in [1.165, 1.54) is 0 Å². The van der Waals surface area contributed by atoms with Crippen LogP contribution in [0, 0.1) is 0 Å². The van der Waals surface area contributed by atoms with Gasteiger partial charge in [-0.05, 0) is 24.9 Å². The molecular weight excluding hydrogens is 242 g/mol. The van der Waals surface area contributed by atoms with Gasteiger partial charge in [0.1, 0.15) is 6.04 Å². The zero-order valence-electron chi connectivity index (χ0n) is 9.89. The van der Waals surface area contributed by atoms with Crippen molar-refractivity contribution in [1.29, 1.82) is 0 Å². The van der Waals surface area contributed by atoms with Gasteiger partial charge in [-0.3, -0.25) is 4.79 Å². The van der Waals surface area contributed by atoms with E-state index in [1.807, 2.05) is 6.26 Å². The molecule has 0 radical (unpaired) electrons. The lowest BCUT2D eigenvalue weighted by Gasteiger charge is -2.23. The topological polar surface area (TPSA) is 95.7 Å². The van der Waals surface area contributed by atoms with Gasteiger partial charge in [-0.15, -0.1) is 0 Å². The van der Waals surface area contributed by atoms with Crippen LogP contribution in [0.25, 0.3) is 0 Å². The lowest BCUT2D eigenvalue weighted by Crippen LogP contribution is -2.50. The Labute approximate surface area is 105 Å². The third kappa shape index (κ3) is 4.43. The molecule has 1 aliphatic heterocycles. The van der Waals surface area contributed by atoms with Crippen molar-refractivity contribution < 1.29 is 14.7 Å². The highest BCUT2D eigenvalue weighted by Crippen LogP contribution is 2.12. The highest BCUT2D eigenvalue weighted by molar-refractivity contribution is 7.98. The van der Waals surface area contributed by atoms with Gasteiger partial charge in [0.2, 0.25) is 5.91 Å². The first-order valence-corrected chi connectivity index (χ1v) is 6.95. The zero-order chi connectivity index (χ0) is 12.8. The summed E-state index contributed by atoms with van der Waals surface area (Å²) in [6, 6.07) is -1.27. The van der Waals surface area contributed by atoms with Crippen LogP contribution in [0.15, 0.2) is 0 Å². The summed E-state index contributed by atoms with van der Waals surface area (Å²) in [4.78, 5) is 24.5. The maximum Gasteiger partial charge on any atom is 0.312 e. The van der Waals surface area contributed by atoms with Crippen LogP contribution in [0.5, 0.6) is 0 Å². The standard InChI is InChI=1S/C10H19N3O3S/c1-17-5-3-8(12-10(11)16)9(15)13-4-2-7(14)6-13/h7-8,14H,2-6H2,1H3,(H3,11,12,16)/t7-,8?/m1/s1. The summed E-state index contributed by atoms with van der Waals surface area (Å²) < 4.78 is 0. The molecule has 0 saturated carbocycles. The average Bonchev–Trinajstić information content (AvgIpc) is 2.69. The zero-order valence-corrected chi connectivity index (χ0v) is 10.7. The lowest BCUT2D eigenvalue weighted by atomic mass is 10.2. The average molecular weight is 261 g/mol. The van der Waals surface area contributed by atoms with E-state index in [2.05, 4.69) is 5.32 Å². The molecule has 3 amide bonds. The number of hydrogen-bond donors (Lipinski definition) is 3. The maximum absolute atomic E-state index is 12.1. The van der Waals surface area contributed by atoms with Crippen LogP contribution in [-0.2, 0) is 4.79 Å². The van der Waals surface area contributed by atoms with E-state index in [1.54, 1.807) is 16.7 Å². The number of rotatable bonds is 5. The minimum atomic E-state index is -0.691. The van der Waals surface area contributed by atoms with E-state index in [0.29, 0.717) is 25.9 Å². The van der Waals surface area contributed by atoms with Crippen molar-refractivity contribution in [1.82, 2.24) is 10.2 Å². The molecule has 0 bridgehead atoms. The molecule has 17 heavy (non-hydrogen) atoms. The van der Waals surface area contributed by atoms with Gasteiger partial charge in [-0.25, -0.2) is 4.79 Å². The van der Waals surface area contributed by atoms with Gasteiger partial charge in [0.15, 0.2) is 0 Å². The van der Waals surface area contributed by atoms with Crippen molar-refractivity contribution in [2.24, 2.45) is 5.73 Å². The fraction of sp³-hybridized carbons (Fsp3) is 0.800. The van der Waals surface area contributed by atoms with Crippen LogP contribution in [0.3, 0.4) is 0 Å². The molecular formula is C10H19N3O3S. The normalized spacial score (nSPS) is 21.3. The van der Waals surface area contributed by atoms with E-state index in [0.717, 1.165) is 5.75 Å². The van der Waals surface area contributed by atoms with Gasteiger partial charge in [0.05, 0.1) is 6.10 Å². The lowest BCUT2D eigenvalue weighted by molar-refractivity contribution is -0.132. The monoisotopic (exact) mass is 261 g/mol. The minimum absolute atomic E-state index is 0.158. The number of likely N-dealkylation sites (tertiary alicyclic amines) is 1. The van der Waals surface area contributed by atoms with Crippen molar-refractivity contribution in [2.45, 2.75) is 25.0 Å². The smallest absolute Gasteiger partial charge is 0.312 e. The number of aliphatic hydroxyl groups is 1. The SMILES string of the molecule is CSCCC(NC(N)=O)C(=O)N1CC[C@@H](O)C1. The summed E-state index contributed by atoms with van der Waals surface area (Å²) in [5.74, 6) is 0.613. The summed E-state index contributed by atoms with van der Waals surface area (Å²) in [5.41, 5.74) is 5.05. The number of primary amides is 1. The molecule has 1 fully saturated rings. The molecule has 0 aromatic rings. The second-order valence-electron chi connectivity index (χ2n) is 4.07. The van der Waals surface area contributed by atoms with Crippen LogP contribution in [0.2, 0.25) is 0 Å². The summed E-state index contributed by atoms with van der Waals surface area (Å²) in [6.45, 7) is 0.880. The van der Waals surface area contributed by atoms with Crippen molar-refractivity contribution in [2.75, 3.05) is 25.1 Å². The van der Waals surface area contributed by atoms with Crippen LogP contribution in [0.1, 0.15) is 12.8 Å². The number of thioether (sulfide) groups is 1. The Morgan fingerprint density at radius 1 is 1.65 bits per heavy atom. The summed E-state index contributed by atoms with van der Waals surface area (Å²) in [7, 11) is 0. The van der Waals surface area contributed by atoms with E-state index >= 15 is 0 Å². The highest BCUT2D eigenvalue weighted by atomic mass is 32.2. The molecule has 1 saturated heterocycles. The van der Waals surface area contributed by atoms with Crippen LogP contribution < -0.4 is 11.1 Å². The predicted octanol–water partition coefficient (Wildman–Crippen LogP) is -0.630. The second-order valence-corrected chi connectivity index (χ2v) is 5.05. The number of amides is 3. The molecule has 1 rings (SSSR count). The number of aliphatic hydroxyl groups excluding tert-OH is 1. The van der Waals surface area contributed by atoms with Crippen molar-refractivity contribution >= 4 is 23.7 Å². The number of nitrogens with zero attached hydrogens (tertiary/aromatic N) is 1. The van der Waals surface area contributed by atoms with E-state index in [9.17, 15) is 14.7 Å².